The molecule has 1 unspecified atom stereocenters. The van der Waals surface area contributed by atoms with Crippen molar-refractivity contribution in [3.8, 4) is 5.75 Å². The molecule has 2 rings (SSSR count). The molecule has 0 aliphatic rings. The Bertz CT molecular complexity index is 662. The van der Waals surface area contributed by atoms with Crippen LogP contribution in [0.25, 0.3) is 0 Å². The van der Waals surface area contributed by atoms with Crippen LogP contribution in [-0.4, -0.2) is 13.0 Å². The number of benzene rings is 1. The van der Waals surface area contributed by atoms with E-state index in [2.05, 4.69) is 5.32 Å². The van der Waals surface area contributed by atoms with E-state index in [4.69, 9.17) is 14.9 Å². The summed E-state index contributed by atoms with van der Waals surface area (Å²) < 4.78 is 10.9. The van der Waals surface area contributed by atoms with Crippen LogP contribution in [0.2, 0.25) is 0 Å². The quantitative estimate of drug-likeness (QED) is 0.885. The summed E-state index contributed by atoms with van der Waals surface area (Å²) in [7, 11) is 1.59. The summed E-state index contributed by atoms with van der Waals surface area (Å²) in [4.78, 5) is 11.3. The van der Waals surface area contributed by atoms with Gasteiger partial charge in [0.1, 0.15) is 17.3 Å². The normalized spacial score (nSPS) is 12.0. The van der Waals surface area contributed by atoms with Crippen LogP contribution in [-0.2, 0) is 0 Å². The molecule has 1 aromatic carbocycles. The number of carbonyl (C=O) groups excluding carboxylic acids is 1. The van der Waals surface area contributed by atoms with Crippen molar-refractivity contribution in [1.29, 1.82) is 0 Å². The van der Waals surface area contributed by atoms with Crippen molar-refractivity contribution < 1.29 is 13.9 Å². The van der Waals surface area contributed by atoms with Crippen LogP contribution < -0.4 is 15.8 Å². The molecule has 0 saturated heterocycles. The molecular weight excluding hydrogens is 268 g/mol. The number of rotatable bonds is 5. The third-order valence-electron chi connectivity index (χ3n) is 3.40. The first-order valence-electron chi connectivity index (χ1n) is 6.73. The number of nitrogens with two attached hydrogens (primary N) is 1. The zero-order chi connectivity index (χ0) is 15.6. The van der Waals surface area contributed by atoms with E-state index >= 15 is 0 Å². The zero-order valence-electron chi connectivity index (χ0n) is 12.7. The van der Waals surface area contributed by atoms with E-state index in [1.165, 1.54) is 0 Å². The summed E-state index contributed by atoms with van der Waals surface area (Å²) in [5, 5.41) is 3.33. The molecule has 0 aliphatic carbocycles. The number of hydrogen-bond acceptors (Lipinski definition) is 4. The molecule has 0 fully saturated rings. The van der Waals surface area contributed by atoms with E-state index in [1.807, 2.05) is 26.8 Å². The maximum Gasteiger partial charge on any atom is 0.248 e. The first-order chi connectivity index (χ1) is 9.92. The molecule has 1 amide bonds. The Morgan fingerprint density at radius 2 is 2.05 bits per heavy atom. The van der Waals surface area contributed by atoms with Crippen LogP contribution in [0, 0.1) is 13.8 Å². The first-order valence-corrected chi connectivity index (χ1v) is 6.73. The average molecular weight is 288 g/mol. The summed E-state index contributed by atoms with van der Waals surface area (Å²) >= 11 is 0. The van der Waals surface area contributed by atoms with Gasteiger partial charge in [0.15, 0.2) is 0 Å². The second-order valence-corrected chi connectivity index (χ2v) is 5.01. The summed E-state index contributed by atoms with van der Waals surface area (Å²) in [5.41, 5.74) is 7.55. The molecule has 5 nitrogen and oxygen atoms in total. The van der Waals surface area contributed by atoms with Crippen molar-refractivity contribution in [3.63, 3.8) is 0 Å². The molecule has 112 valence electrons. The molecule has 2 aromatic rings. The molecular formula is C16H20N2O3. The molecule has 0 bridgehead atoms. The number of furan rings is 1. The zero-order valence-corrected chi connectivity index (χ0v) is 12.7. The topological polar surface area (TPSA) is 77.5 Å². The van der Waals surface area contributed by atoms with Gasteiger partial charge < -0.3 is 20.2 Å². The van der Waals surface area contributed by atoms with Gasteiger partial charge in [0.05, 0.1) is 18.8 Å². The minimum absolute atomic E-state index is 0.0134. The van der Waals surface area contributed by atoms with E-state index < -0.39 is 5.91 Å². The second kappa shape index (κ2) is 5.91. The van der Waals surface area contributed by atoms with E-state index in [0.29, 0.717) is 11.3 Å². The van der Waals surface area contributed by atoms with E-state index in [-0.39, 0.29) is 6.04 Å². The molecule has 0 aliphatic heterocycles. The van der Waals surface area contributed by atoms with Gasteiger partial charge in [0, 0.05) is 11.1 Å². The molecule has 3 N–H and O–H groups in total. The van der Waals surface area contributed by atoms with Gasteiger partial charge in [0.25, 0.3) is 0 Å². The highest BCUT2D eigenvalue weighted by Crippen LogP contribution is 2.31. The molecule has 21 heavy (non-hydrogen) atoms. The van der Waals surface area contributed by atoms with Gasteiger partial charge in [0.2, 0.25) is 5.91 Å². The smallest absolute Gasteiger partial charge is 0.248 e. The number of anilines is 1. The largest absolute Gasteiger partial charge is 0.495 e. The minimum Gasteiger partial charge on any atom is -0.495 e. The van der Waals surface area contributed by atoms with Crippen molar-refractivity contribution >= 4 is 11.6 Å². The SMILES string of the molecule is COc1ccc(C(N)=O)cc1NC(C)c1cc(C)oc1C. The molecule has 0 saturated carbocycles. The van der Waals surface area contributed by atoms with Gasteiger partial charge >= 0.3 is 0 Å². The van der Waals surface area contributed by atoms with Crippen LogP contribution in [0.5, 0.6) is 5.75 Å². The summed E-state index contributed by atoms with van der Waals surface area (Å²) in [6.07, 6.45) is 0. The van der Waals surface area contributed by atoms with E-state index in [0.717, 1.165) is 22.8 Å². The number of hydrogen-bond donors (Lipinski definition) is 2. The molecule has 1 aromatic heterocycles. The van der Waals surface area contributed by atoms with Crippen molar-refractivity contribution in [2.45, 2.75) is 26.8 Å². The van der Waals surface area contributed by atoms with Crippen molar-refractivity contribution in [3.05, 3.63) is 46.9 Å². The number of methoxy groups -OCH3 is 1. The number of amides is 1. The lowest BCUT2D eigenvalue weighted by Gasteiger charge is -2.17. The standard InChI is InChI=1S/C16H20N2O3/c1-9-7-13(11(3)21-9)10(2)18-14-8-12(16(17)19)5-6-15(14)20-4/h5-8,10,18H,1-4H3,(H2,17,19). The van der Waals surface area contributed by atoms with E-state index in [9.17, 15) is 4.79 Å². The summed E-state index contributed by atoms with van der Waals surface area (Å²) in [5.74, 6) is 1.93. The Morgan fingerprint density at radius 1 is 1.33 bits per heavy atom. The predicted molar refractivity (Wildman–Crippen MR) is 81.7 cm³/mol. The highest BCUT2D eigenvalue weighted by molar-refractivity contribution is 5.94. The van der Waals surface area contributed by atoms with Gasteiger partial charge in [-0.05, 0) is 45.0 Å². The Kier molecular flexibility index (Phi) is 4.21. The Morgan fingerprint density at radius 3 is 2.57 bits per heavy atom. The van der Waals surface area contributed by atoms with Crippen LogP contribution in [0.15, 0.2) is 28.7 Å². The fourth-order valence-electron chi connectivity index (χ4n) is 2.37. The molecule has 1 atom stereocenters. The lowest BCUT2D eigenvalue weighted by atomic mass is 10.1. The first kappa shape index (κ1) is 15.0. The van der Waals surface area contributed by atoms with Gasteiger partial charge in [-0.3, -0.25) is 4.79 Å². The third-order valence-corrected chi connectivity index (χ3v) is 3.40. The van der Waals surface area contributed by atoms with Crippen LogP contribution in [0.1, 0.15) is 40.4 Å². The number of primary amides is 1. The lowest BCUT2D eigenvalue weighted by Crippen LogP contribution is -2.13. The Labute approximate surface area is 124 Å². The molecule has 5 heteroatoms. The second-order valence-electron chi connectivity index (χ2n) is 5.01. The van der Waals surface area contributed by atoms with Gasteiger partial charge in [-0.2, -0.15) is 0 Å². The van der Waals surface area contributed by atoms with Gasteiger partial charge in [-0.25, -0.2) is 0 Å². The van der Waals surface area contributed by atoms with Gasteiger partial charge in [-0.1, -0.05) is 0 Å². The summed E-state index contributed by atoms with van der Waals surface area (Å²) in [6.45, 7) is 5.86. The monoisotopic (exact) mass is 288 g/mol. The Hall–Kier alpha value is -2.43. The van der Waals surface area contributed by atoms with E-state index in [1.54, 1.807) is 25.3 Å². The lowest BCUT2D eigenvalue weighted by molar-refractivity contribution is 0.100. The molecule has 1 heterocycles. The Balaban J connectivity index is 2.31. The van der Waals surface area contributed by atoms with Gasteiger partial charge in [-0.15, -0.1) is 0 Å². The fraction of sp³-hybridized carbons (Fsp3) is 0.312. The number of aryl methyl sites for hydroxylation is 2. The minimum atomic E-state index is -0.469. The van der Waals surface area contributed by atoms with Crippen molar-refractivity contribution in [2.75, 3.05) is 12.4 Å². The third kappa shape index (κ3) is 3.18. The fourth-order valence-corrected chi connectivity index (χ4v) is 2.37. The highest BCUT2D eigenvalue weighted by Gasteiger charge is 2.15. The van der Waals surface area contributed by atoms with Crippen molar-refractivity contribution in [1.82, 2.24) is 0 Å². The van der Waals surface area contributed by atoms with Crippen molar-refractivity contribution in [2.24, 2.45) is 5.73 Å². The molecule has 0 spiro atoms. The number of nitrogens with one attached hydrogen (secondary N) is 1. The van der Waals surface area contributed by atoms with Crippen LogP contribution in [0.3, 0.4) is 0 Å². The van der Waals surface area contributed by atoms with Crippen LogP contribution in [0.4, 0.5) is 5.69 Å². The van der Waals surface area contributed by atoms with Crippen LogP contribution >= 0.6 is 0 Å². The molecule has 0 radical (unpaired) electrons. The highest BCUT2D eigenvalue weighted by atomic mass is 16.5. The maximum atomic E-state index is 11.3. The number of carbonyl (C=O) groups is 1. The average Bonchev–Trinajstić information content (AvgIpc) is 2.77. The maximum absolute atomic E-state index is 11.3. The number of ether oxygens (including phenoxy) is 1. The predicted octanol–water partition coefficient (Wildman–Crippen LogP) is 3.18. The summed E-state index contributed by atoms with van der Waals surface area (Å²) in [6, 6.07) is 7.07.